The molecule has 0 aromatic heterocycles. The van der Waals surface area contributed by atoms with Crippen molar-refractivity contribution in [1.29, 1.82) is 0 Å². The molecule has 0 aliphatic rings. The molecule has 49 heavy (non-hydrogen) atoms. The van der Waals surface area contributed by atoms with Gasteiger partial charge in [-0.3, -0.25) is 0 Å². The zero-order chi connectivity index (χ0) is 35.9. The molecule has 0 aliphatic carbocycles. The van der Waals surface area contributed by atoms with Crippen molar-refractivity contribution in [1.82, 2.24) is 0 Å². The molecular weight excluding hydrogens is 697 g/mol. The van der Waals surface area contributed by atoms with Crippen LogP contribution in [-0.4, -0.2) is 55.6 Å². The molecule has 0 radical (unpaired) electrons. The van der Waals surface area contributed by atoms with Crippen LogP contribution in [0, 0.1) is 0 Å². The summed E-state index contributed by atoms with van der Waals surface area (Å²) >= 11 is -6.15. The van der Waals surface area contributed by atoms with Crippen LogP contribution in [0.15, 0.2) is 97.1 Å². The normalized spacial score (nSPS) is 10.7. The van der Waals surface area contributed by atoms with Crippen molar-refractivity contribution < 1.29 is 57.3 Å². The van der Waals surface area contributed by atoms with E-state index in [4.69, 9.17) is 18.9 Å². The van der Waals surface area contributed by atoms with Gasteiger partial charge in [-0.2, -0.15) is 0 Å². The summed E-state index contributed by atoms with van der Waals surface area (Å²) in [6.07, 6.45) is 0. The Morgan fingerprint density at radius 2 is 0.490 bits per heavy atom. The maximum atomic E-state index is 14.8. The van der Waals surface area contributed by atoms with E-state index in [9.17, 15) is 38.4 Å². The van der Waals surface area contributed by atoms with Crippen molar-refractivity contribution in [2.45, 2.75) is 27.7 Å². The van der Waals surface area contributed by atoms with Gasteiger partial charge in [-0.15, -0.1) is 0 Å². The Kier molecular flexibility index (Phi) is 11.2. The van der Waals surface area contributed by atoms with Crippen LogP contribution in [-0.2, 0) is 19.2 Å². The van der Waals surface area contributed by atoms with E-state index in [-0.39, 0.29) is 45.3 Å². The zero-order valence-electron chi connectivity index (χ0n) is 26.6. The third-order valence-corrected chi connectivity index (χ3v) is 15.0. The van der Waals surface area contributed by atoms with E-state index >= 15 is 0 Å². The van der Waals surface area contributed by atoms with E-state index in [1.54, 1.807) is 0 Å². The number of esters is 4. The number of ether oxygens (including phenoxy) is 4. The van der Waals surface area contributed by atoms with Crippen LogP contribution in [0.4, 0.5) is 0 Å². The maximum absolute atomic E-state index is 14.8. The number of hydrogen-bond acceptors (Lipinski definition) is 12. The molecular formula is C36H28GeO12. The van der Waals surface area contributed by atoms with E-state index in [0.717, 1.165) is 0 Å². The second-order valence-electron chi connectivity index (χ2n) is 10.5. The fourth-order valence-electron chi connectivity index (χ4n) is 4.85. The van der Waals surface area contributed by atoms with Crippen molar-refractivity contribution >= 4 is 55.6 Å². The molecule has 0 bridgehead atoms. The van der Waals surface area contributed by atoms with E-state index in [1.165, 1.54) is 125 Å². The summed E-state index contributed by atoms with van der Waals surface area (Å²) in [7, 11) is 0. The van der Waals surface area contributed by atoms with Gasteiger partial charge in [0, 0.05) is 0 Å². The summed E-state index contributed by atoms with van der Waals surface area (Å²) in [5.41, 5.74) is -0.683. The third kappa shape index (κ3) is 8.29. The van der Waals surface area contributed by atoms with Gasteiger partial charge < -0.3 is 0 Å². The predicted octanol–water partition coefficient (Wildman–Crippen LogP) is 4.82. The average molecular weight is 725 g/mol. The first-order valence-electron chi connectivity index (χ1n) is 14.6. The molecule has 0 heterocycles. The molecule has 4 aromatic rings. The van der Waals surface area contributed by atoms with Gasteiger partial charge in [0.25, 0.3) is 0 Å². The number of rotatable bonds is 12. The van der Waals surface area contributed by atoms with Gasteiger partial charge >= 0.3 is 283 Å². The molecule has 0 saturated carbocycles. The number of carbonyl (C=O) groups is 8. The molecule has 0 unspecified atom stereocenters. The van der Waals surface area contributed by atoms with Crippen LogP contribution in [0.3, 0.4) is 0 Å². The Morgan fingerprint density at radius 1 is 0.327 bits per heavy atom. The molecule has 248 valence electrons. The molecule has 0 atom stereocenters. The Labute approximate surface area is 282 Å². The summed E-state index contributed by atoms with van der Waals surface area (Å²) < 4.78 is 16.1. The van der Waals surface area contributed by atoms with Gasteiger partial charge in [-0.1, -0.05) is 0 Å². The minimum atomic E-state index is -6.15. The van der Waals surface area contributed by atoms with E-state index in [2.05, 4.69) is 0 Å². The minimum absolute atomic E-state index is 0.0781. The van der Waals surface area contributed by atoms with Crippen LogP contribution in [0.1, 0.15) is 69.1 Å². The summed E-state index contributed by atoms with van der Waals surface area (Å²) in [6, 6.07) is 20.2. The molecule has 0 spiro atoms. The molecule has 4 aromatic carbocycles. The molecule has 0 saturated heterocycles. The van der Waals surface area contributed by atoms with Gasteiger partial charge in [-0.05, 0) is 0 Å². The average Bonchev–Trinajstić information content (AvgIpc) is 3.05. The van der Waals surface area contributed by atoms with E-state index < -0.39 is 55.6 Å². The SMILES string of the molecule is CC(=O)Oc1ccc([C](=O)[Ge]([C](=O)c2ccc(OC(C)=O)cc2)([C](=O)c2ccc(OC(C)=O)cc2)[C](=O)c2ccc(OC(C)=O)cc2)cc1. The Morgan fingerprint density at radius 3 is 0.633 bits per heavy atom. The van der Waals surface area contributed by atoms with Crippen molar-refractivity contribution in [2.75, 3.05) is 0 Å². The molecule has 0 aliphatic heterocycles. The molecule has 0 N–H and O–H groups in total. The van der Waals surface area contributed by atoms with Gasteiger partial charge in [0.1, 0.15) is 0 Å². The molecule has 0 amide bonds. The topological polar surface area (TPSA) is 173 Å². The molecule has 0 fully saturated rings. The number of benzene rings is 4. The second-order valence-corrected chi connectivity index (χ2v) is 17.5. The van der Waals surface area contributed by atoms with Crippen LogP contribution >= 0.6 is 0 Å². The predicted molar refractivity (Wildman–Crippen MR) is 174 cm³/mol. The summed E-state index contributed by atoms with van der Waals surface area (Å²) in [6.45, 7) is 4.73. The summed E-state index contributed by atoms with van der Waals surface area (Å²) in [5, 5.41) is 0. The molecule has 12 nitrogen and oxygen atoms in total. The van der Waals surface area contributed by atoms with Crippen molar-refractivity contribution in [2.24, 2.45) is 0 Å². The van der Waals surface area contributed by atoms with Gasteiger partial charge in [0.05, 0.1) is 0 Å². The van der Waals surface area contributed by atoms with Crippen LogP contribution < -0.4 is 18.9 Å². The van der Waals surface area contributed by atoms with Gasteiger partial charge in [0.2, 0.25) is 0 Å². The second kappa shape index (κ2) is 15.3. The van der Waals surface area contributed by atoms with Crippen molar-refractivity contribution in [3.63, 3.8) is 0 Å². The summed E-state index contributed by atoms with van der Waals surface area (Å²) in [5.74, 6) is -2.19. The number of carbonyl (C=O) groups excluding carboxylic acids is 8. The fourth-order valence-corrected chi connectivity index (χ4v) is 12.5. The Bertz CT molecular complexity index is 1670. The molecule has 13 heteroatoms. The van der Waals surface area contributed by atoms with E-state index in [0.29, 0.717) is 0 Å². The Balaban J connectivity index is 1.98. The third-order valence-electron chi connectivity index (χ3n) is 6.87. The van der Waals surface area contributed by atoms with Crippen LogP contribution in [0.2, 0.25) is 0 Å². The first kappa shape index (κ1) is 35.8. The first-order chi connectivity index (χ1) is 23.2. The van der Waals surface area contributed by atoms with Crippen LogP contribution in [0.5, 0.6) is 23.0 Å². The zero-order valence-corrected chi connectivity index (χ0v) is 28.7. The van der Waals surface area contributed by atoms with Gasteiger partial charge in [-0.25, -0.2) is 0 Å². The first-order valence-corrected chi connectivity index (χ1v) is 18.7. The fraction of sp³-hybridized carbons (Fsp3) is 0.111. The standard InChI is InChI=1S/C36H28GeO12/c1-21(38)46-29-13-5-25(6-14-29)33(42)37(34(43)26-7-15-30(16-8-26)47-22(2)39,35(44)27-9-17-31(18-10-27)48-23(3)40)36(45)28-11-19-32(20-12-28)49-24(4)41/h5-20H,1-4H3. The van der Waals surface area contributed by atoms with Gasteiger partial charge in [0.15, 0.2) is 0 Å². The molecule has 4 rings (SSSR count). The van der Waals surface area contributed by atoms with E-state index in [1.807, 2.05) is 0 Å². The monoisotopic (exact) mass is 726 g/mol. The van der Waals surface area contributed by atoms with Crippen LogP contribution in [0.25, 0.3) is 0 Å². The number of hydrogen-bond donors (Lipinski definition) is 0. The van der Waals surface area contributed by atoms with Crippen molar-refractivity contribution in [3.8, 4) is 23.0 Å². The quantitative estimate of drug-likeness (QED) is 0.111. The summed E-state index contributed by atoms with van der Waals surface area (Å²) in [4.78, 5) is 105. The van der Waals surface area contributed by atoms with Crippen molar-refractivity contribution in [3.05, 3.63) is 119 Å². The Hall–Kier alpha value is -6.02.